The van der Waals surface area contributed by atoms with Gasteiger partial charge in [-0.15, -0.1) is 6.58 Å². The van der Waals surface area contributed by atoms with Crippen molar-refractivity contribution in [1.29, 1.82) is 0 Å². The molecule has 2 aliphatic rings. The summed E-state index contributed by atoms with van der Waals surface area (Å²) in [5, 5.41) is 0. The summed E-state index contributed by atoms with van der Waals surface area (Å²) >= 11 is 0. The summed E-state index contributed by atoms with van der Waals surface area (Å²) in [4.78, 5) is 26.6. The van der Waals surface area contributed by atoms with E-state index in [0.29, 0.717) is 11.1 Å². The number of carbonyl (C=O) groups excluding carboxylic acids is 2. The van der Waals surface area contributed by atoms with Crippen LogP contribution in [-0.4, -0.2) is 35.0 Å². The SMILES string of the molecule is C=CC[C@@H]1O[C@H](C)[C@H](N2C(=O)c3ccccc3C2=O)C[C@H]1C. The third-order valence-electron chi connectivity index (χ3n) is 4.74. The van der Waals surface area contributed by atoms with E-state index in [-0.39, 0.29) is 36.0 Å². The van der Waals surface area contributed by atoms with E-state index < -0.39 is 0 Å². The Morgan fingerprint density at radius 1 is 1.23 bits per heavy atom. The van der Waals surface area contributed by atoms with E-state index in [0.717, 1.165) is 12.8 Å². The Bertz CT molecular complexity index is 590. The van der Waals surface area contributed by atoms with Gasteiger partial charge in [-0.3, -0.25) is 14.5 Å². The molecule has 1 fully saturated rings. The van der Waals surface area contributed by atoms with Crippen molar-refractivity contribution in [2.75, 3.05) is 0 Å². The maximum absolute atomic E-state index is 12.6. The summed E-state index contributed by atoms with van der Waals surface area (Å²) in [6, 6.07) is 6.80. The van der Waals surface area contributed by atoms with Gasteiger partial charge in [-0.05, 0) is 37.8 Å². The molecule has 1 aromatic rings. The molecule has 3 rings (SSSR count). The Morgan fingerprint density at radius 3 is 2.36 bits per heavy atom. The first kappa shape index (κ1) is 15.0. The lowest BCUT2D eigenvalue weighted by Gasteiger charge is -2.42. The van der Waals surface area contributed by atoms with E-state index in [9.17, 15) is 9.59 Å². The Morgan fingerprint density at radius 2 is 1.82 bits per heavy atom. The number of benzene rings is 1. The minimum Gasteiger partial charge on any atom is -0.373 e. The fourth-order valence-electron chi connectivity index (χ4n) is 3.50. The number of imide groups is 1. The first-order chi connectivity index (χ1) is 10.5. The van der Waals surface area contributed by atoms with Crippen molar-refractivity contribution in [1.82, 2.24) is 4.90 Å². The molecule has 4 nitrogen and oxygen atoms in total. The van der Waals surface area contributed by atoms with Gasteiger partial charge in [0.1, 0.15) is 0 Å². The normalized spacial score (nSPS) is 31.3. The van der Waals surface area contributed by atoms with Crippen molar-refractivity contribution in [3.8, 4) is 0 Å². The van der Waals surface area contributed by atoms with Gasteiger partial charge in [0.15, 0.2) is 0 Å². The van der Waals surface area contributed by atoms with Gasteiger partial charge in [-0.1, -0.05) is 25.1 Å². The number of fused-ring (bicyclic) bond motifs is 1. The number of nitrogens with zero attached hydrogens (tertiary/aromatic N) is 1. The highest BCUT2D eigenvalue weighted by molar-refractivity contribution is 6.21. The van der Waals surface area contributed by atoms with Crippen LogP contribution in [0.2, 0.25) is 0 Å². The van der Waals surface area contributed by atoms with E-state index >= 15 is 0 Å². The van der Waals surface area contributed by atoms with Crippen LogP contribution < -0.4 is 0 Å². The molecule has 0 aromatic heterocycles. The average molecular weight is 299 g/mol. The monoisotopic (exact) mass is 299 g/mol. The Hall–Kier alpha value is -1.94. The molecule has 2 aliphatic heterocycles. The first-order valence-electron chi connectivity index (χ1n) is 7.78. The van der Waals surface area contributed by atoms with Gasteiger partial charge < -0.3 is 4.74 Å². The van der Waals surface area contributed by atoms with Crippen LogP contribution in [0.1, 0.15) is 47.4 Å². The third-order valence-corrected chi connectivity index (χ3v) is 4.74. The van der Waals surface area contributed by atoms with Crippen LogP contribution in [0.3, 0.4) is 0 Å². The van der Waals surface area contributed by atoms with Crippen molar-refractivity contribution in [2.45, 2.75) is 44.9 Å². The van der Waals surface area contributed by atoms with Gasteiger partial charge in [-0.25, -0.2) is 0 Å². The van der Waals surface area contributed by atoms with E-state index in [1.54, 1.807) is 24.3 Å². The van der Waals surface area contributed by atoms with E-state index in [1.165, 1.54) is 4.90 Å². The molecule has 4 atom stereocenters. The van der Waals surface area contributed by atoms with Crippen molar-refractivity contribution in [2.24, 2.45) is 5.92 Å². The van der Waals surface area contributed by atoms with Crippen LogP contribution in [0.4, 0.5) is 0 Å². The zero-order chi connectivity index (χ0) is 15.9. The number of hydrogen-bond acceptors (Lipinski definition) is 3. The molecular formula is C18H21NO3. The minimum absolute atomic E-state index is 0.110. The largest absolute Gasteiger partial charge is 0.373 e. The second kappa shape index (κ2) is 5.69. The molecule has 22 heavy (non-hydrogen) atoms. The number of amides is 2. The molecule has 0 spiro atoms. The number of rotatable bonds is 3. The molecule has 0 saturated carbocycles. The summed E-state index contributed by atoms with van der Waals surface area (Å²) in [7, 11) is 0. The highest BCUT2D eigenvalue weighted by atomic mass is 16.5. The molecule has 0 unspecified atom stereocenters. The van der Waals surface area contributed by atoms with E-state index in [2.05, 4.69) is 13.5 Å². The maximum atomic E-state index is 12.6. The van der Waals surface area contributed by atoms with Crippen LogP contribution in [0.5, 0.6) is 0 Å². The Kier molecular flexibility index (Phi) is 3.87. The molecule has 116 valence electrons. The molecular weight excluding hydrogens is 278 g/mol. The third kappa shape index (κ3) is 2.28. The second-order valence-electron chi connectivity index (χ2n) is 6.21. The van der Waals surface area contributed by atoms with Crippen LogP contribution in [0, 0.1) is 5.92 Å². The zero-order valence-corrected chi connectivity index (χ0v) is 13.0. The van der Waals surface area contributed by atoms with Gasteiger partial charge >= 0.3 is 0 Å². The quantitative estimate of drug-likeness (QED) is 0.636. The summed E-state index contributed by atoms with van der Waals surface area (Å²) in [6.07, 6.45) is 3.36. The second-order valence-corrected chi connectivity index (χ2v) is 6.21. The summed E-state index contributed by atoms with van der Waals surface area (Å²) in [6.45, 7) is 7.81. The zero-order valence-electron chi connectivity index (χ0n) is 13.0. The van der Waals surface area contributed by atoms with E-state index in [4.69, 9.17) is 4.74 Å². The standard InChI is InChI=1S/C18H21NO3/c1-4-7-16-11(2)10-15(12(3)22-16)19-17(20)13-8-5-6-9-14(13)18(19)21/h4-6,8-9,11-12,15-16H,1,7,10H2,2-3H3/t11-,12-,15-,16+/m1/s1. The smallest absolute Gasteiger partial charge is 0.261 e. The number of ether oxygens (including phenoxy) is 1. The van der Waals surface area contributed by atoms with Crippen LogP contribution in [0.15, 0.2) is 36.9 Å². The molecule has 1 saturated heterocycles. The van der Waals surface area contributed by atoms with Gasteiger partial charge in [0.25, 0.3) is 11.8 Å². The van der Waals surface area contributed by atoms with Crippen molar-refractivity contribution in [3.63, 3.8) is 0 Å². The molecule has 0 N–H and O–H groups in total. The molecule has 2 heterocycles. The van der Waals surface area contributed by atoms with Gasteiger partial charge in [-0.2, -0.15) is 0 Å². The lowest BCUT2D eigenvalue weighted by atomic mass is 9.87. The van der Waals surface area contributed by atoms with Crippen molar-refractivity contribution >= 4 is 11.8 Å². The predicted molar refractivity (Wildman–Crippen MR) is 83.7 cm³/mol. The lowest BCUT2D eigenvalue weighted by molar-refractivity contribution is -0.101. The maximum Gasteiger partial charge on any atom is 0.261 e. The predicted octanol–water partition coefficient (Wildman–Crippen LogP) is 3.04. The van der Waals surface area contributed by atoms with Gasteiger partial charge in [0.2, 0.25) is 0 Å². The molecule has 0 aliphatic carbocycles. The summed E-state index contributed by atoms with van der Waals surface area (Å²) in [5.41, 5.74) is 1.00. The highest BCUT2D eigenvalue weighted by Crippen LogP contribution is 2.34. The Labute approximate surface area is 130 Å². The molecule has 4 heteroatoms. The number of hydrogen-bond donors (Lipinski definition) is 0. The number of carbonyl (C=O) groups is 2. The average Bonchev–Trinajstić information content (AvgIpc) is 2.76. The van der Waals surface area contributed by atoms with Gasteiger partial charge in [0, 0.05) is 0 Å². The first-order valence-corrected chi connectivity index (χ1v) is 7.78. The minimum atomic E-state index is -0.205. The molecule has 2 amide bonds. The summed E-state index contributed by atoms with van der Waals surface area (Å²) < 4.78 is 6.04. The molecule has 1 aromatic carbocycles. The van der Waals surface area contributed by atoms with Crippen LogP contribution in [-0.2, 0) is 4.74 Å². The van der Waals surface area contributed by atoms with Crippen molar-refractivity contribution in [3.05, 3.63) is 48.0 Å². The van der Waals surface area contributed by atoms with Crippen molar-refractivity contribution < 1.29 is 14.3 Å². The fourth-order valence-corrected chi connectivity index (χ4v) is 3.50. The topological polar surface area (TPSA) is 46.6 Å². The lowest BCUT2D eigenvalue weighted by Crippen LogP contribution is -2.53. The van der Waals surface area contributed by atoms with E-state index in [1.807, 2.05) is 13.0 Å². The van der Waals surface area contributed by atoms with Crippen LogP contribution >= 0.6 is 0 Å². The van der Waals surface area contributed by atoms with Gasteiger partial charge in [0.05, 0.1) is 29.4 Å². The highest BCUT2D eigenvalue weighted by Gasteiger charge is 2.45. The van der Waals surface area contributed by atoms with Crippen LogP contribution in [0.25, 0.3) is 0 Å². The molecule has 0 bridgehead atoms. The fraction of sp³-hybridized carbons (Fsp3) is 0.444. The summed E-state index contributed by atoms with van der Waals surface area (Å²) in [5.74, 6) is -0.116. The Balaban J connectivity index is 1.85. The molecule has 0 radical (unpaired) electrons.